The van der Waals surface area contributed by atoms with Crippen molar-refractivity contribution in [2.45, 2.75) is 57.9 Å². The Labute approximate surface area is 146 Å². The molecule has 3 fully saturated rings. The van der Waals surface area contributed by atoms with Crippen molar-refractivity contribution in [2.75, 3.05) is 33.2 Å². The Hall–Kier alpha value is -1.10. The van der Waals surface area contributed by atoms with Gasteiger partial charge in [0.05, 0.1) is 12.0 Å². The molecule has 2 aliphatic heterocycles. The third kappa shape index (κ3) is 4.29. The first kappa shape index (κ1) is 17.7. The van der Waals surface area contributed by atoms with E-state index in [1.54, 1.807) is 0 Å². The third-order valence-electron chi connectivity index (χ3n) is 6.21. The molecule has 3 aliphatic rings. The minimum absolute atomic E-state index is 0.129. The average molecular weight is 335 g/mol. The number of nitrogens with zero attached hydrogens (tertiary/aromatic N) is 2. The van der Waals surface area contributed by atoms with Gasteiger partial charge in [0.2, 0.25) is 11.8 Å². The lowest BCUT2D eigenvalue weighted by molar-refractivity contribution is -0.134. The Morgan fingerprint density at radius 2 is 1.79 bits per heavy atom. The number of amides is 2. The summed E-state index contributed by atoms with van der Waals surface area (Å²) in [6.45, 7) is 5.52. The van der Waals surface area contributed by atoms with Crippen LogP contribution in [0.4, 0.5) is 0 Å². The highest BCUT2D eigenvalue weighted by molar-refractivity contribution is 5.80. The predicted molar refractivity (Wildman–Crippen MR) is 94.5 cm³/mol. The van der Waals surface area contributed by atoms with E-state index in [0.717, 1.165) is 26.1 Å². The summed E-state index contributed by atoms with van der Waals surface area (Å²) >= 11 is 0. The smallest absolute Gasteiger partial charge is 0.227 e. The molecule has 2 heterocycles. The van der Waals surface area contributed by atoms with E-state index in [4.69, 9.17) is 0 Å². The van der Waals surface area contributed by atoms with Gasteiger partial charge < -0.3 is 15.1 Å². The van der Waals surface area contributed by atoms with E-state index in [9.17, 15) is 9.59 Å². The van der Waals surface area contributed by atoms with Crippen molar-refractivity contribution in [3.8, 4) is 0 Å². The molecule has 3 atom stereocenters. The van der Waals surface area contributed by atoms with Gasteiger partial charge in [0.1, 0.15) is 0 Å². The lowest BCUT2D eigenvalue weighted by Gasteiger charge is -2.23. The maximum Gasteiger partial charge on any atom is 0.227 e. The summed E-state index contributed by atoms with van der Waals surface area (Å²) in [4.78, 5) is 29.3. The maximum absolute atomic E-state index is 12.7. The Bertz CT molecular complexity index is 462. The summed E-state index contributed by atoms with van der Waals surface area (Å²) in [6, 6.07) is 0.129. The average Bonchev–Trinajstić information content (AvgIpc) is 3.14. The number of carbonyl (C=O) groups excluding carboxylic acids is 2. The van der Waals surface area contributed by atoms with Gasteiger partial charge in [-0.2, -0.15) is 0 Å². The van der Waals surface area contributed by atoms with Gasteiger partial charge in [0.25, 0.3) is 0 Å². The van der Waals surface area contributed by atoms with Crippen LogP contribution in [0.15, 0.2) is 0 Å². The molecule has 0 aromatic rings. The molecule has 1 aliphatic carbocycles. The van der Waals surface area contributed by atoms with Gasteiger partial charge >= 0.3 is 0 Å². The molecular formula is C19H33N3O2. The summed E-state index contributed by atoms with van der Waals surface area (Å²) in [5.74, 6) is 1.55. The van der Waals surface area contributed by atoms with Gasteiger partial charge in [-0.05, 0) is 44.7 Å². The molecule has 5 nitrogen and oxygen atoms in total. The molecule has 3 rings (SSSR count). The normalized spacial score (nSPS) is 32.2. The highest BCUT2D eigenvalue weighted by Gasteiger charge is 2.37. The van der Waals surface area contributed by atoms with Crippen molar-refractivity contribution >= 4 is 11.8 Å². The zero-order valence-corrected chi connectivity index (χ0v) is 15.3. The summed E-state index contributed by atoms with van der Waals surface area (Å²) in [6.07, 6.45) is 7.92. The predicted octanol–water partition coefficient (Wildman–Crippen LogP) is 1.87. The van der Waals surface area contributed by atoms with Crippen molar-refractivity contribution in [3.05, 3.63) is 0 Å². The lowest BCUT2D eigenvalue weighted by Crippen LogP contribution is -2.42. The van der Waals surface area contributed by atoms with Crippen LogP contribution >= 0.6 is 0 Å². The van der Waals surface area contributed by atoms with Crippen LogP contribution in [-0.2, 0) is 9.59 Å². The molecule has 1 saturated carbocycles. The maximum atomic E-state index is 12.7. The molecular weight excluding hydrogens is 302 g/mol. The molecule has 0 aromatic heterocycles. The van der Waals surface area contributed by atoms with Gasteiger partial charge in [-0.3, -0.25) is 9.59 Å². The highest BCUT2D eigenvalue weighted by atomic mass is 16.2. The second-order valence-electron chi connectivity index (χ2n) is 8.35. The zero-order chi connectivity index (χ0) is 17.1. The van der Waals surface area contributed by atoms with Crippen LogP contribution in [-0.4, -0.2) is 60.9 Å². The van der Waals surface area contributed by atoms with E-state index in [-0.39, 0.29) is 23.8 Å². The minimum Gasteiger partial charge on any atom is -0.351 e. The topological polar surface area (TPSA) is 52.7 Å². The monoisotopic (exact) mass is 335 g/mol. The summed E-state index contributed by atoms with van der Waals surface area (Å²) in [5, 5.41) is 3.22. The van der Waals surface area contributed by atoms with Gasteiger partial charge in [0, 0.05) is 26.1 Å². The van der Waals surface area contributed by atoms with Crippen LogP contribution in [0.3, 0.4) is 0 Å². The molecule has 1 N–H and O–H groups in total. The van der Waals surface area contributed by atoms with E-state index in [1.807, 2.05) is 4.90 Å². The Kier molecular flexibility index (Phi) is 5.80. The first-order valence-corrected chi connectivity index (χ1v) is 9.79. The quantitative estimate of drug-likeness (QED) is 0.853. The number of rotatable bonds is 4. The van der Waals surface area contributed by atoms with Crippen LogP contribution in [0.2, 0.25) is 0 Å². The van der Waals surface area contributed by atoms with Gasteiger partial charge in [-0.25, -0.2) is 0 Å². The number of hydrogen-bond donors (Lipinski definition) is 1. The van der Waals surface area contributed by atoms with E-state index < -0.39 is 0 Å². The summed E-state index contributed by atoms with van der Waals surface area (Å²) in [7, 11) is 2.08. The molecule has 2 saturated heterocycles. The van der Waals surface area contributed by atoms with Crippen LogP contribution in [0.5, 0.6) is 0 Å². The number of nitrogens with one attached hydrogen (secondary N) is 1. The fourth-order valence-corrected chi connectivity index (χ4v) is 4.65. The lowest BCUT2D eigenvalue weighted by atomic mass is 9.86. The second kappa shape index (κ2) is 7.85. The highest BCUT2D eigenvalue weighted by Crippen LogP contribution is 2.27. The molecule has 0 aromatic carbocycles. The number of hydrogen-bond acceptors (Lipinski definition) is 3. The van der Waals surface area contributed by atoms with Crippen LogP contribution in [0.25, 0.3) is 0 Å². The third-order valence-corrected chi connectivity index (χ3v) is 6.21. The van der Waals surface area contributed by atoms with E-state index in [2.05, 4.69) is 24.2 Å². The van der Waals surface area contributed by atoms with Gasteiger partial charge in [0.15, 0.2) is 0 Å². The van der Waals surface area contributed by atoms with Crippen molar-refractivity contribution in [1.29, 1.82) is 0 Å². The molecule has 24 heavy (non-hydrogen) atoms. The molecule has 5 heteroatoms. The first-order chi connectivity index (χ1) is 11.5. The Morgan fingerprint density at radius 3 is 2.46 bits per heavy atom. The van der Waals surface area contributed by atoms with Gasteiger partial charge in [-0.1, -0.05) is 26.2 Å². The molecule has 0 spiro atoms. The summed E-state index contributed by atoms with van der Waals surface area (Å²) < 4.78 is 0. The molecule has 136 valence electrons. The standard InChI is InChI=1S/C19H33N3O2/c1-14-11-22(19(24)16-8-9-21(2)12-16)13-17(14)20-18(23)10-15-6-4-3-5-7-15/h14-17H,3-13H2,1-2H3,(H,20,23)/t14-,16?,17-/m1/s1. The van der Waals surface area contributed by atoms with Crippen molar-refractivity contribution < 1.29 is 9.59 Å². The van der Waals surface area contributed by atoms with Gasteiger partial charge in [-0.15, -0.1) is 0 Å². The van der Waals surface area contributed by atoms with Crippen molar-refractivity contribution in [1.82, 2.24) is 15.1 Å². The SMILES string of the molecule is C[C@@H]1CN(C(=O)C2CCN(C)C2)C[C@H]1NC(=O)CC1CCCCC1. The Morgan fingerprint density at radius 1 is 1.04 bits per heavy atom. The number of carbonyl (C=O) groups is 2. The second-order valence-corrected chi connectivity index (χ2v) is 8.35. The fourth-order valence-electron chi connectivity index (χ4n) is 4.65. The van der Waals surface area contributed by atoms with Crippen LogP contribution < -0.4 is 5.32 Å². The van der Waals surface area contributed by atoms with E-state index in [0.29, 0.717) is 24.8 Å². The van der Waals surface area contributed by atoms with Crippen LogP contribution in [0.1, 0.15) is 51.9 Å². The fraction of sp³-hybridized carbons (Fsp3) is 0.895. The minimum atomic E-state index is 0.129. The molecule has 0 radical (unpaired) electrons. The molecule has 0 bridgehead atoms. The van der Waals surface area contributed by atoms with E-state index in [1.165, 1.54) is 32.1 Å². The zero-order valence-electron chi connectivity index (χ0n) is 15.3. The van der Waals surface area contributed by atoms with Crippen molar-refractivity contribution in [2.24, 2.45) is 17.8 Å². The molecule has 1 unspecified atom stereocenters. The van der Waals surface area contributed by atoms with E-state index >= 15 is 0 Å². The largest absolute Gasteiger partial charge is 0.351 e. The first-order valence-electron chi connectivity index (χ1n) is 9.79. The van der Waals surface area contributed by atoms with Crippen molar-refractivity contribution in [3.63, 3.8) is 0 Å². The Balaban J connectivity index is 1.46. The van der Waals surface area contributed by atoms with Crippen LogP contribution in [0, 0.1) is 17.8 Å². The molecule has 2 amide bonds. The summed E-state index contributed by atoms with van der Waals surface area (Å²) in [5.41, 5.74) is 0. The number of likely N-dealkylation sites (tertiary alicyclic amines) is 2.